The maximum absolute atomic E-state index is 12.5. The van der Waals surface area contributed by atoms with Crippen LogP contribution in [0, 0.1) is 13.8 Å². The van der Waals surface area contributed by atoms with Crippen LogP contribution < -0.4 is 5.32 Å². The third kappa shape index (κ3) is 4.63. The lowest BCUT2D eigenvalue weighted by molar-refractivity contribution is 0.0956. The van der Waals surface area contributed by atoms with E-state index in [2.05, 4.69) is 74.8 Å². The van der Waals surface area contributed by atoms with Gasteiger partial charge in [0.25, 0.3) is 5.91 Å². The van der Waals surface area contributed by atoms with Crippen molar-refractivity contribution in [3.05, 3.63) is 87.9 Å². The molecule has 152 valence electrons. The summed E-state index contributed by atoms with van der Waals surface area (Å²) in [5.74, 6) is 0.775. The number of carbonyl (C=O) groups excluding carboxylic acids is 1. The fraction of sp³-hybridized carbons (Fsp3) is 0.160. The molecule has 4 aromatic rings. The number of aromatic amines is 1. The van der Waals surface area contributed by atoms with E-state index in [0.29, 0.717) is 6.54 Å². The number of aromatic nitrogens is 1. The summed E-state index contributed by atoms with van der Waals surface area (Å²) in [5.41, 5.74) is 6.32. The quantitative estimate of drug-likeness (QED) is 0.238. The van der Waals surface area contributed by atoms with Crippen LogP contribution in [-0.4, -0.2) is 23.2 Å². The van der Waals surface area contributed by atoms with Crippen LogP contribution in [0.2, 0.25) is 0 Å². The van der Waals surface area contributed by atoms with E-state index in [1.54, 1.807) is 11.8 Å². The maximum atomic E-state index is 12.5. The maximum Gasteiger partial charge on any atom is 0.251 e. The molecule has 1 heterocycles. The molecular formula is C25H23BrN2OS. The molecule has 0 saturated heterocycles. The third-order valence-corrected chi connectivity index (χ3v) is 6.56. The minimum atomic E-state index is -0.0190. The highest BCUT2D eigenvalue weighted by Gasteiger charge is 2.14. The van der Waals surface area contributed by atoms with E-state index in [9.17, 15) is 4.79 Å². The molecule has 30 heavy (non-hydrogen) atoms. The molecule has 1 aromatic heterocycles. The van der Waals surface area contributed by atoms with Gasteiger partial charge in [0.1, 0.15) is 0 Å². The summed E-state index contributed by atoms with van der Waals surface area (Å²) in [4.78, 5) is 17.3. The number of aryl methyl sites for hydroxylation is 2. The van der Waals surface area contributed by atoms with Crippen LogP contribution in [0.15, 0.2) is 76.1 Å². The Kier molecular flexibility index (Phi) is 6.30. The predicted octanol–water partition coefficient (Wildman–Crippen LogP) is 6.74. The van der Waals surface area contributed by atoms with Gasteiger partial charge >= 0.3 is 0 Å². The average molecular weight is 479 g/mol. The fourth-order valence-corrected chi connectivity index (χ4v) is 4.93. The van der Waals surface area contributed by atoms with Crippen LogP contribution in [0.1, 0.15) is 21.5 Å². The van der Waals surface area contributed by atoms with E-state index in [4.69, 9.17) is 0 Å². The highest BCUT2D eigenvalue weighted by Crippen LogP contribution is 2.37. The lowest BCUT2D eigenvalue weighted by Gasteiger charge is -2.08. The Labute approximate surface area is 189 Å². The van der Waals surface area contributed by atoms with Crippen molar-refractivity contribution in [2.24, 2.45) is 0 Å². The predicted molar refractivity (Wildman–Crippen MR) is 130 cm³/mol. The molecule has 4 rings (SSSR count). The van der Waals surface area contributed by atoms with Gasteiger partial charge in [-0.3, -0.25) is 4.79 Å². The molecule has 0 aliphatic rings. The highest BCUT2D eigenvalue weighted by atomic mass is 79.9. The molecule has 3 nitrogen and oxygen atoms in total. The first-order valence-electron chi connectivity index (χ1n) is 9.87. The minimum absolute atomic E-state index is 0.0190. The Morgan fingerprint density at radius 1 is 1.00 bits per heavy atom. The van der Waals surface area contributed by atoms with Crippen LogP contribution in [0.4, 0.5) is 0 Å². The van der Waals surface area contributed by atoms with Gasteiger partial charge in [0.05, 0.1) is 5.69 Å². The molecule has 2 N–H and O–H groups in total. The van der Waals surface area contributed by atoms with Crippen LogP contribution in [0.5, 0.6) is 0 Å². The molecule has 3 aromatic carbocycles. The molecule has 0 unspecified atom stereocenters. The normalized spacial score (nSPS) is 11.0. The van der Waals surface area contributed by atoms with E-state index in [0.717, 1.165) is 43.7 Å². The number of halogens is 1. The zero-order valence-corrected chi connectivity index (χ0v) is 19.4. The smallest absolute Gasteiger partial charge is 0.251 e. The molecule has 0 fully saturated rings. The van der Waals surface area contributed by atoms with E-state index < -0.39 is 0 Å². The Morgan fingerprint density at radius 3 is 2.43 bits per heavy atom. The van der Waals surface area contributed by atoms with Crippen molar-refractivity contribution in [2.75, 3.05) is 12.3 Å². The first-order chi connectivity index (χ1) is 14.5. The average Bonchev–Trinajstić information content (AvgIpc) is 3.09. The largest absolute Gasteiger partial charge is 0.354 e. The second-order valence-corrected chi connectivity index (χ2v) is 9.38. The second-order valence-electron chi connectivity index (χ2n) is 7.36. The Bertz CT molecular complexity index is 1180. The van der Waals surface area contributed by atoms with Crippen LogP contribution in [0.3, 0.4) is 0 Å². The van der Waals surface area contributed by atoms with Gasteiger partial charge in [-0.05, 0) is 49.7 Å². The summed E-state index contributed by atoms with van der Waals surface area (Å²) in [6.07, 6.45) is 0. The van der Waals surface area contributed by atoms with Gasteiger partial charge in [0.15, 0.2) is 0 Å². The van der Waals surface area contributed by atoms with Crippen LogP contribution >= 0.6 is 27.7 Å². The Hall–Kier alpha value is -2.50. The monoisotopic (exact) mass is 478 g/mol. The Morgan fingerprint density at radius 2 is 1.70 bits per heavy atom. The van der Waals surface area contributed by atoms with E-state index in [1.165, 1.54) is 10.3 Å². The standard InChI is InChI=1S/C25H23BrN2OS/c1-16-13-17(2)15-19(14-16)25(29)27-11-12-30-24-21-5-3-4-6-22(21)28-23(24)18-7-9-20(26)10-8-18/h3-10,13-15,28H,11-12H2,1-2H3,(H,27,29). The van der Waals surface area contributed by atoms with Crippen molar-refractivity contribution < 1.29 is 4.79 Å². The number of rotatable bonds is 6. The number of hydrogen-bond donors (Lipinski definition) is 2. The van der Waals surface area contributed by atoms with Crippen LogP contribution in [-0.2, 0) is 0 Å². The van der Waals surface area contributed by atoms with E-state index in [-0.39, 0.29) is 5.91 Å². The SMILES string of the molecule is Cc1cc(C)cc(C(=O)NCCSc2c(-c3ccc(Br)cc3)[nH]c3ccccc23)c1. The number of benzene rings is 3. The summed E-state index contributed by atoms with van der Waals surface area (Å²) >= 11 is 5.28. The third-order valence-electron chi connectivity index (χ3n) is 4.91. The second kappa shape index (κ2) is 9.11. The van der Waals surface area contributed by atoms with Gasteiger partial charge in [-0.1, -0.05) is 63.5 Å². The molecule has 0 spiro atoms. The summed E-state index contributed by atoms with van der Waals surface area (Å²) in [5, 5.41) is 4.26. The lowest BCUT2D eigenvalue weighted by atomic mass is 10.1. The molecular weight excluding hydrogens is 456 g/mol. The zero-order valence-electron chi connectivity index (χ0n) is 17.0. The number of nitrogens with one attached hydrogen (secondary N) is 2. The van der Waals surface area contributed by atoms with Crippen molar-refractivity contribution in [2.45, 2.75) is 18.7 Å². The molecule has 0 aliphatic carbocycles. The molecule has 0 radical (unpaired) electrons. The highest BCUT2D eigenvalue weighted by molar-refractivity contribution is 9.10. The Balaban J connectivity index is 1.49. The summed E-state index contributed by atoms with van der Waals surface area (Å²) in [6.45, 7) is 4.64. The number of hydrogen-bond acceptors (Lipinski definition) is 2. The van der Waals surface area contributed by atoms with Gasteiger partial charge in [0.2, 0.25) is 0 Å². The van der Waals surface area contributed by atoms with Gasteiger partial charge in [-0.25, -0.2) is 0 Å². The molecule has 0 aliphatic heterocycles. The van der Waals surface area contributed by atoms with Crippen molar-refractivity contribution in [3.8, 4) is 11.3 Å². The topological polar surface area (TPSA) is 44.9 Å². The first-order valence-corrected chi connectivity index (χ1v) is 11.6. The number of thioether (sulfide) groups is 1. The molecule has 0 atom stereocenters. The van der Waals surface area contributed by atoms with E-state index >= 15 is 0 Å². The first kappa shape index (κ1) is 20.8. The summed E-state index contributed by atoms with van der Waals surface area (Å²) in [6, 6.07) is 22.6. The molecule has 5 heteroatoms. The summed E-state index contributed by atoms with van der Waals surface area (Å²) in [7, 11) is 0. The minimum Gasteiger partial charge on any atom is -0.354 e. The molecule has 0 bridgehead atoms. The number of para-hydroxylation sites is 1. The van der Waals surface area contributed by atoms with Crippen molar-refractivity contribution in [1.29, 1.82) is 0 Å². The van der Waals surface area contributed by atoms with Crippen molar-refractivity contribution in [1.82, 2.24) is 10.3 Å². The fourth-order valence-electron chi connectivity index (χ4n) is 3.61. The van der Waals surface area contributed by atoms with E-state index in [1.807, 2.05) is 32.0 Å². The number of carbonyl (C=O) groups is 1. The van der Waals surface area contributed by atoms with Crippen molar-refractivity contribution in [3.63, 3.8) is 0 Å². The number of fused-ring (bicyclic) bond motifs is 1. The van der Waals surface area contributed by atoms with Gasteiger partial charge < -0.3 is 10.3 Å². The molecule has 0 saturated carbocycles. The summed E-state index contributed by atoms with van der Waals surface area (Å²) < 4.78 is 1.06. The van der Waals surface area contributed by atoms with Crippen molar-refractivity contribution >= 4 is 44.5 Å². The lowest BCUT2D eigenvalue weighted by Crippen LogP contribution is -2.25. The van der Waals surface area contributed by atoms with Crippen LogP contribution in [0.25, 0.3) is 22.2 Å². The zero-order chi connectivity index (χ0) is 21.1. The van der Waals surface area contributed by atoms with Gasteiger partial charge in [-0.2, -0.15) is 0 Å². The van der Waals surface area contributed by atoms with Gasteiger partial charge in [0, 0.05) is 38.1 Å². The number of amides is 1. The van der Waals surface area contributed by atoms with Gasteiger partial charge in [-0.15, -0.1) is 11.8 Å². The molecule has 1 amide bonds. The number of H-pyrrole nitrogens is 1.